The van der Waals surface area contributed by atoms with E-state index in [-0.39, 0.29) is 5.91 Å². The molecule has 3 rings (SSSR count). The third-order valence-corrected chi connectivity index (χ3v) is 4.12. The zero-order valence-electron chi connectivity index (χ0n) is 11.1. The molecule has 2 saturated heterocycles. The molecule has 0 spiro atoms. The first kappa shape index (κ1) is 11.7. The van der Waals surface area contributed by atoms with Crippen molar-refractivity contribution in [2.45, 2.75) is 25.8 Å². The summed E-state index contributed by atoms with van der Waals surface area (Å²) in [5.41, 5.74) is 1.58. The van der Waals surface area contributed by atoms with Crippen LogP contribution in [0.3, 0.4) is 0 Å². The number of carbonyl (C=O) groups excluding carboxylic acids is 1. The summed E-state index contributed by atoms with van der Waals surface area (Å²) in [7, 11) is 1.86. The van der Waals surface area contributed by atoms with Gasteiger partial charge in [0.15, 0.2) is 0 Å². The van der Waals surface area contributed by atoms with E-state index < -0.39 is 0 Å². The Kier molecular flexibility index (Phi) is 2.86. The summed E-state index contributed by atoms with van der Waals surface area (Å²) in [5, 5.41) is 4.25. The minimum Gasteiger partial charge on any atom is -0.336 e. The summed E-state index contributed by atoms with van der Waals surface area (Å²) < 4.78 is 1.72. The Hall–Kier alpha value is -1.36. The smallest absolute Gasteiger partial charge is 0.257 e. The van der Waals surface area contributed by atoms with E-state index in [1.165, 1.54) is 19.4 Å². The van der Waals surface area contributed by atoms with Crippen molar-refractivity contribution in [3.8, 4) is 0 Å². The highest BCUT2D eigenvalue weighted by molar-refractivity contribution is 5.95. The highest BCUT2D eigenvalue weighted by Crippen LogP contribution is 2.22. The van der Waals surface area contributed by atoms with Gasteiger partial charge in [-0.3, -0.25) is 14.4 Å². The Balaban J connectivity index is 1.75. The molecule has 98 valence electrons. The van der Waals surface area contributed by atoms with Crippen molar-refractivity contribution in [1.82, 2.24) is 19.6 Å². The standard InChI is InChI=1S/C13H20N4O/c1-10-12(9-15(2)14-10)13(18)17-7-6-16-5-3-4-11(16)8-17/h9,11H,3-8H2,1-2H3. The second-order valence-electron chi connectivity index (χ2n) is 5.39. The molecule has 0 radical (unpaired) electrons. The van der Waals surface area contributed by atoms with Crippen molar-refractivity contribution in [2.24, 2.45) is 7.05 Å². The van der Waals surface area contributed by atoms with Crippen LogP contribution >= 0.6 is 0 Å². The number of piperazine rings is 1. The molecule has 5 heteroatoms. The zero-order chi connectivity index (χ0) is 12.7. The summed E-state index contributed by atoms with van der Waals surface area (Å²) in [6.07, 6.45) is 4.34. The molecule has 1 aromatic heterocycles. The van der Waals surface area contributed by atoms with Gasteiger partial charge in [-0.25, -0.2) is 0 Å². The molecule has 0 saturated carbocycles. The van der Waals surface area contributed by atoms with Gasteiger partial charge >= 0.3 is 0 Å². The Morgan fingerprint density at radius 2 is 2.22 bits per heavy atom. The number of hydrogen-bond donors (Lipinski definition) is 0. The van der Waals surface area contributed by atoms with E-state index in [2.05, 4.69) is 10.00 Å². The van der Waals surface area contributed by atoms with Crippen molar-refractivity contribution in [3.05, 3.63) is 17.5 Å². The van der Waals surface area contributed by atoms with Gasteiger partial charge in [-0.2, -0.15) is 5.10 Å². The Morgan fingerprint density at radius 1 is 1.39 bits per heavy atom. The molecule has 0 aliphatic carbocycles. The maximum atomic E-state index is 12.5. The van der Waals surface area contributed by atoms with Gasteiger partial charge in [0.25, 0.3) is 5.91 Å². The fourth-order valence-corrected chi connectivity index (χ4v) is 3.16. The molecule has 1 aromatic rings. The lowest BCUT2D eigenvalue weighted by atomic mass is 10.1. The molecule has 0 bridgehead atoms. The van der Waals surface area contributed by atoms with Crippen LogP contribution in [0.2, 0.25) is 0 Å². The average Bonchev–Trinajstić information content (AvgIpc) is 2.93. The minimum absolute atomic E-state index is 0.146. The monoisotopic (exact) mass is 248 g/mol. The molecule has 1 unspecified atom stereocenters. The third-order valence-electron chi connectivity index (χ3n) is 4.12. The predicted octanol–water partition coefficient (Wildman–Crippen LogP) is 0.649. The molecular formula is C13H20N4O. The number of aromatic nitrogens is 2. The SMILES string of the molecule is Cc1nn(C)cc1C(=O)N1CCN2CCCC2C1. The van der Waals surface area contributed by atoms with Crippen molar-refractivity contribution >= 4 is 5.91 Å². The van der Waals surface area contributed by atoms with Gasteiger partial charge in [0.1, 0.15) is 0 Å². The number of rotatable bonds is 1. The van der Waals surface area contributed by atoms with Gasteiger partial charge < -0.3 is 4.90 Å². The van der Waals surface area contributed by atoms with Crippen LogP contribution in [-0.2, 0) is 7.05 Å². The molecule has 2 aliphatic heterocycles. The molecule has 18 heavy (non-hydrogen) atoms. The maximum absolute atomic E-state index is 12.5. The van der Waals surface area contributed by atoms with Crippen molar-refractivity contribution in [2.75, 3.05) is 26.2 Å². The second-order valence-corrected chi connectivity index (χ2v) is 5.39. The van der Waals surface area contributed by atoms with E-state index >= 15 is 0 Å². The van der Waals surface area contributed by atoms with Crippen molar-refractivity contribution < 1.29 is 4.79 Å². The van der Waals surface area contributed by atoms with Crippen LogP contribution in [0.25, 0.3) is 0 Å². The van der Waals surface area contributed by atoms with Crippen LogP contribution < -0.4 is 0 Å². The lowest BCUT2D eigenvalue weighted by molar-refractivity contribution is 0.0570. The van der Waals surface area contributed by atoms with Gasteiger partial charge in [0, 0.05) is 38.9 Å². The summed E-state index contributed by atoms with van der Waals surface area (Å²) in [5.74, 6) is 0.146. The van der Waals surface area contributed by atoms with Crippen LogP contribution in [0.4, 0.5) is 0 Å². The fourth-order valence-electron chi connectivity index (χ4n) is 3.16. The van der Waals surface area contributed by atoms with E-state index in [4.69, 9.17) is 0 Å². The van der Waals surface area contributed by atoms with E-state index in [1.807, 2.05) is 25.1 Å². The number of aryl methyl sites for hydroxylation is 2. The van der Waals surface area contributed by atoms with E-state index in [1.54, 1.807) is 4.68 Å². The van der Waals surface area contributed by atoms with Crippen LogP contribution in [0.15, 0.2) is 6.20 Å². The lowest BCUT2D eigenvalue weighted by Crippen LogP contribution is -2.52. The Morgan fingerprint density at radius 3 is 2.94 bits per heavy atom. The summed E-state index contributed by atoms with van der Waals surface area (Å²) in [4.78, 5) is 17.0. The molecule has 0 N–H and O–H groups in total. The molecular weight excluding hydrogens is 228 g/mol. The molecule has 1 amide bonds. The summed E-state index contributed by atoms with van der Waals surface area (Å²) in [6.45, 7) is 5.87. The van der Waals surface area contributed by atoms with Crippen LogP contribution in [0.5, 0.6) is 0 Å². The van der Waals surface area contributed by atoms with Crippen LogP contribution in [-0.4, -0.2) is 57.7 Å². The molecule has 2 aliphatic rings. The average molecular weight is 248 g/mol. The first-order valence-electron chi connectivity index (χ1n) is 6.69. The number of hydrogen-bond acceptors (Lipinski definition) is 3. The summed E-state index contributed by atoms with van der Waals surface area (Å²) >= 11 is 0. The Labute approximate surface area is 107 Å². The predicted molar refractivity (Wildman–Crippen MR) is 68.4 cm³/mol. The van der Waals surface area contributed by atoms with Crippen molar-refractivity contribution in [3.63, 3.8) is 0 Å². The first-order valence-corrected chi connectivity index (χ1v) is 6.69. The number of fused-ring (bicyclic) bond motifs is 1. The molecule has 3 heterocycles. The second kappa shape index (κ2) is 4.39. The minimum atomic E-state index is 0.146. The highest BCUT2D eigenvalue weighted by Gasteiger charge is 2.33. The number of nitrogens with zero attached hydrogens (tertiary/aromatic N) is 4. The van der Waals surface area contributed by atoms with Gasteiger partial charge in [0.05, 0.1) is 11.3 Å². The van der Waals surface area contributed by atoms with Gasteiger partial charge in [-0.05, 0) is 26.3 Å². The van der Waals surface area contributed by atoms with Gasteiger partial charge in [0.2, 0.25) is 0 Å². The van der Waals surface area contributed by atoms with E-state index in [0.717, 1.165) is 30.9 Å². The quantitative estimate of drug-likeness (QED) is 0.732. The molecule has 0 aromatic carbocycles. The summed E-state index contributed by atoms with van der Waals surface area (Å²) in [6, 6.07) is 0.583. The van der Waals surface area contributed by atoms with Crippen LogP contribution in [0, 0.1) is 6.92 Å². The topological polar surface area (TPSA) is 41.4 Å². The van der Waals surface area contributed by atoms with Gasteiger partial charge in [-0.1, -0.05) is 0 Å². The third kappa shape index (κ3) is 1.92. The van der Waals surface area contributed by atoms with Crippen molar-refractivity contribution in [1.29, 1.82) is 0 Å². The highest BCUT2D eigenvalue weighted by atomic mass is 16.2. The Bertz CT molecular complexity index is 468. The number of amides is 1. The maximum Gasteiger partial charge on any atom is 0.257 e. The van der Waals surface area contributed by atoms with E-state index in [9.17, 15) is 4.79 Å². The normalized spacial score (nSPS) is 24.3. The lowest BCUT2D eigenvalue weighted by Gasteiger charge is -2.37. The number of carbonyl (C=O) groups is 1. The first-order chi connectivity index (χ1) is 8.65. The fraction of sp³-hybridized carbons (Fsp3) is 0.692. The van der Waals surface area contributed by atoms with Crippen LogP contribution in [0.1, 0.15) is 28.9 Å². The molecule has 1 atom stereocenters. The molecule has 2 fully saturated rings. The largest absolute Gasteiger partial charge is 0.336 e. The van der Waals surface area contributed by atoms with E-state index in [0.29, 0.717) is 6.04 Å². The zero-order valence-corrected chi connectivity index (χ0v) is 11.1. The van der Waals surface area contributed by atoms with Gasteiger partial charge in [-0.15, -0.1) is 0 Å². The molecule has 5 nitrogen and oxygen atoms in total.